The third-order valence-electron chi connectivity index (χ3n) is 8.03. The van der Waals surface area contributed by atoms with Crippen LogP contribution < -0.4 is 23.8 Å². The molecule has 47 heavy (non-hydrogen) atoms. The van der Waals surface area contributed by atoms with Crippen LogP contribution in [0.3, 0.4) is 0 Å². The summed E-state index contributed by atoms with van der Waals surface area (Å²) in [6.45, 7) is 16.4. The lowest BCUT2D eigenvalue weighted by Gasteiger charge is -2.23. The van der Waals surface area contributed by atoms with E-state index in [1.807, 2.05) is 64.1 Å². The molecule has 0 saturated carbocycles. The second kappa shape index (κ2) is 16.0. The van der Waals surface area contributed by atoms with E-state index in [9.17, 15) is 0 Å². The Morgan fingerprint density at radius 3 is 1.47 bits per heavy atom. The van der Waals surface area contributed by atoms with Gasteiger partial charge in [-0.1, -0.05) is 36.4 Å². The second-order valence-electron chi connectivity index (χ2n) is 10.9. The molecular weight excluding hydrogens is 584 g/mol. The molecule has 0 amide bonds. The molecule has 0 aliphatic carbocycles. The smallest absolute Gasteiger partial charge is 0.132 e. The number of aromatic nitrogens is 1. The van der Waals surface area contributed by atoms with E-state index in [-0.39, 0.29) is 0 Å². The zero-order valence-electron chi connectivity index (χ0n) is 28.5. The van der Waals surface area contributed by atoms with Gasteiger partial charge in [0, 0.05) is 42.0 Å². The molecule has 0 unspecified atom stereocenters. The highest BCUT2D eigenvalue weighted by atomic mass is 16.5. The van der Waals surface area contributed by atoms with E-state index >= 15 is 0 Å². The van der Waals surface area contributed by atoms with E-state index in [0.29, 0.717) is 26.4 Å². The van der Waals surface area contributed by atoms with E-state index in [4.69, 9.17) is 23.9 Å². The van der Waals surface area contributed by atoms with Crippen molar-refractivity contribution in [3.63, 3.8) is 0 Å². The first kappa shape index (κ1) is 33.4. The lowest BCUT2D eigenvalue weighted by atomic mass is 9.92. The van der Waals surface area contributed by atoms with Gasteiger partial charge in [0.05, 0.1) is 37.8 Å². The van der Waals surface area contributed by atoms with Gasteiger partial charge in [-0.15, -0.1) is 0 Å². The van der Waals surface area contributed by atoms with E-state index in [0.717, 1.165) is 80.9 Å². The Hall–Kier alpha value is -4.97. The van der Waals surface area contributed by atoms with Gasteiger partial charge in [0.1, 0.15) is 23.0 Å². The molecule has 0 bridgehead atoms. The standard InChI is InChI=1S/C41H46N2O4/c1-7-43(8-2)31-18-21-34(29-16-14-13-15-17-29)37(26-31)30-24-38(35-22-19-32(44-9-3)27-40(35)46-11-5)42-39(25-30)36-23-20-33(45-10-4)28-41(36)47-12-6/h13-28H,7-12H2,1-6H3. The normalized spacial score (nSPS) is 10.9. The summed E-state index contributed by atoms with van der Waals surface area (Å²) < 4.78 is 24.0. The van der Waals surface area contributed by atoms with Crippen LogP contribution in [-0.2, 0) is 0 Å². The fraction of sp³-hybridized carbons (Fsp3) is 0.293. The van der Waals surface area contributed by atoms with Crippen LogP contribution in [-0.4, -0.2) is 44.5 Å². The van der Waals surface area contributed by atoms with Crippen LogP contribution >= 0.6 is 0 Å². The molecular formula is C41H46N2O4. The molecule has 0 aliphatic heterocycles. The summed E-state index contributed by atoms with van der Waals surface area (Å²) >= 11 is 0. The molecule has 1 aromatic heterocycles. The molecule has 6 heteroatoms. The van der Waals surface area contributed by atoms with Crippen molar-refractivity contribution in [2.45, 2.75) is 41.5 Å². The largest absolute Gasteiger partial charge is 0.494 e. The van der Waals surface area contributed by atoms with Crippen LogP contribution in [0.15, 0.2) is 97.1 Å². The van der Waals surface area contributed by atoms with Crippen LogP contribution in [0.5, 0.6) is 23.0 Å². The Balaban J connectivity index is 1.81. The molecule has 4 aromatic carbocycles. The highest BCUT2D eigenvalue weighted by molar-refractivity contribution is 5.89. The Labute approximate surface area is 279 Å². The first-order chi connectivity index (χ1) is 23.0. The summed E-state index contributed by atoms with van der Waals surface area (Å²) in [6, 6.07) is 33.6. The maximum absolute atomic E-state index is 6.18. The molecule has 5 rings (SSSR count). The van der Waals surface area contributed by atoms with Crippen LogP contribution in [0.1, 0.15) is 41.5 Å². The summed E-state index contributed by atoms with van der Waals surface area (Å²) in [4.78, 5) is 7.65. The zero-order chi connectivity index (χ0) is 33.2. The molecule has 6 nitrogen and oxygen atoms in total. The van der Waals surface area contributed by atoms with Gasteiger partial charge in [0.2, 0.25) is 0 Å². The molecule has 0 spiro atoms. The number of pyridine rings is 1. The summed E-state index contributed by atoms with van der Waals surface area (Å²) in [7, 11) is 0. The van der Waals surface area contributed by atoms with Crippen LogP contribution in [0.2, 0.25) is 0 Å². The van der Waals surface area contributed by atoms with E-state index in [1.165, 1.54) is 5.69 Å². The molecule has 0 N–H and O–H groups in total. The summed E-state index contributed by atoms with van der Waals surface area (Å²) in [6.07, 6.45) is 0. The van der Waals surface area contributed by atoms with E-state index < -0.39 is 0 Å². The van der Waals surface area contributed by atoms with E-state index in [1.54, 1.807) is 0 Å². The topological polar surface area (TPSA) is 53.1 Å². The minimum atomic E-state index is 0.520. The Morgan fingerprint density at radius 2 is 0.979 bits per heavy atom. The minimum absolute atomic E-state index is 0.520. The maximum atomic E-state index is 6.18. The monoisotopic (exact) mass is 630 g/mol. The number of anilines is 1. The summed E-state index contributed by atoms with van der Waals surface area (Å²) in [5, 5.41) is 0. The first-order valence-corrected chi connectivity index (χ1v) is 16.8. The minimum Gasteiger partial charge on any atom is -0.494 e. The Kier molecular flexibility index (Phi) is 11.4. The molecule has 0 radical (unpaired) electrons. The van der Waals surface area contributed by atoms with Gasteiger partial charge in [-0.05, 0) is 112 Å². The van der Waals surface area contributed by atoms with Crippen molar-refractivity contribution in [2.75, 3.05) is 44.4 Å². The predicted molar refractivity (Wildman–Crippen MR) is 194 cm³/mol. The van der Waals surface area contributed by atoms with Gasteiger partial charge < -0.3 is 23.8 Å². The molecule has 1 heterocycles. The van der Waals surface area contributed by atoms with Crippen molar-refractivity contribution in [3.05, 3.63) is 97.1 Å². The number of hydrogen-bond acceptors (Lipinski definition) is 6. The average Bonchev–Trinajstić information content (AvgIpc) is 3.10. The maximum Gasteiger partial charge on any atom is 0.132 e. The SMILES string of the molecule is CCOc1ccc(-c2cc(-c3cc(N(CC)CC)ccc3-c3ccccc3)cc(-c3ccc(OCC)cc3OCC)n2)c(OCC)c1. The van der Waals surface area contributed by atoms with Crippen molar-refractivity contribution in [3.8, 4) is 67.8 Å². The van der Waals surface area contributed by atoms with Crippen molar-refractivity contribution in [1.29, 1.82) is 0 Å². The third kappa shape index (κ3) is 7.71. The summed E-state index contributed by atoms with van der Waals surface area (Å²) in [5.41, 5.74) is 9.03. The molecule has 0 aliphatic rings. The van der Waals surface area contributed by atoms with Gasteiger partial charge >= 0.3 is 0 Å². The molecule has 244 valence electrons. The van der Waals surface area contributed by atoms with Gasteiger partial charge in [0.15, 0.2) is 0 Å². The van der Waals surface area contributed by atoms with E-state index in [2.05, 4.69) is 79.4 Å². The van der Waals surface area contributed by atoms with Gasteiger partial charge in [-0.25, -0.2) is 4.98 Å². The fourth-order valence-electron chi connectivity index (χ4n) is 5.88. The Morgan fingerprint density at radius 1 is 0.468 bits per heavy atom. The lowest BCUT2D eigenvalue weighted by molar-refractivity contribution is 0.323. The quantitative estimate of drug-likeness (QED) is 0.115. The molecule has 0 saturated heterocycles. The van der Waals surface area contributed by atoms with Crippen molar-refractivity contribution >= 4 is 5.69 Å². The third-order valence-corrected chi connectivity index (χ3v) is 8.03. The summed E-state index contributed by atoms with van der Waals surface area (Å²) in [5.74, 6) is 2.98. The number of rotatable bonds is 15. The number of nitrogens with zero attached hydrogens (tertiary/aromatic N) is 2. The van der Waals surface area contributed by atoms with Crippen LogP contribution in [0.4, 0.5) is 5.69 Å². The number of ether oxygens (including phenoxy) is 4. The van der Waals surface area contributed by atoms with Gasteiger partial charge in [-0.2, -0.15) is 0 Å². The van der Waals surface area contributed by atoms with Crippen LogP contribution in [0.25, 0.3) is 44.8 Å². The molecule has 5 aromatic rings. The average molecular weight is 631 g/mol. The number of hydrogen-bond donors (Lipinski definition) is 0. The Bertz CT molecular complexity index is 1690. The van der Waals surface area contributed by atoms with Crippen molar-refractivity contribution in [2.24, 2.45) is 0 Å². The van der Waals surface area contributed by atoms with Gasteiger partial charge in [-0.3, -0.25) is 0 Å². The first-order valence-electron chi connectivity index (χ1n) is 16.8. The van der Waals surface area contributed by atoms with Crippen LogP contribution in [0, 0.1) is 0 Å². The molecule has 0 atom stereocenters. The second-order valence-corrected chi connectivity index (χ2v) is 10.9. The van der Waals surface area contributed by atoms with Crippen molar-refractivity contribution < 1.29 is 18.9 Å². The fourth-order valence-corrected chi connectivity index (χ4v) is 5.88. The predicted octanol–water partition coefficient (Wildman–Crippen LogP) is 10.2. The lowest BCUT2D eigenvalue weighted by Crippen LogP contribution is -2.21. The highest BCUT2D eigenvalue weighted by Gasteiger charge is 2.19. The van der Waals surface area contributed by atoms with Gasteiger partial charge in [0.25, 0.3) is 0 Å². The zero-order valence-corrected chi connectivity index (χ0v) is 28.5. The number of benzene rings is 4. The molecule has 0 fully saturated rings. The highest BCUT2D eigenvalue weighted by Crippen LogP contribution is 2.42. The van der Waals surface area contributed by atoms with Crippen molar-refractivity contribution in [1.82, 2.24) is 4.98 Å².